The molecule has 3 N–H and O–H groups in total. The number of aliphatic hydroxyl groups excluding tert-OH is 1. The lowest BCUT2D eigenvalue weighted by molar-refractivity contribution is -0.342. The van der Waals surface area contributed by atoms with Crippen molar-refractivity contribution in [2.24, 2.45) is 22.7 Å². The molecule has 2 bridgehead atoms. The Morgan fingerprint density at radius 1 is 0.933 bits per heavy atom. The normalized spacial score (nSPS) is 33.6. The van der Waals surface area contributed by atoms with Gasteiger partial charge in [0.25, 0.3) is 0 Å². The zero-order valence-electron chi connectivity index (χ0n) is 35.7. The molecule has 3 saturated carbocycles. The topological polar surface area (TPSA) is 193 Å². The van der Waals surface area contributed by atoms with E-state index in [9.17, 15) is 29.4 Å². The average Bonchev–Trinajstić information content (AvgIpc) is 3.90. The number of rotatable bonds is 10. The van der Waals surface area contributed by atoms with Crippen molar-refractivity contribution in [3.05, 3.63) is 82.9 Å². The lowest BCUT2D eigenvalue weighted by atomic mass is 9.48. The molecule has 5 aliphatic rings. The first kappa shape index (κ1) is 43.5. The monoisotopic (exact) mass is 831 g/mol. The highest BCUT2D eigenvalue weighted by molar-refractivity contribution is 5.97. The number of hydrogen-bond donors (Lipinski definition) is 3. The number of carbonyl (C=O) groups excluding carboxylic acids is 5. The number of alkyl carbamates (subject to hydrolysis) is 1. The van der Waals surface area contributed by atoms with Gasteiger partial charge in [0, 0.05) is 30.1 Å². The summed E-state index contributed by atoms with van der Waals surface area (Å²) in [6.07, 6.45) is -7.62. The Kier molecular flexibility index (Phi) is 11.1. The third-order valence-corrected chi connectivity index (χ3v) is 13.3. The Bertz CT molecular complexity index is 2060. The van der Waals surface area contributed by atoms with E-state index in [-0.39, 0.29) is 36.2 Å². The summed E-state index contributed by atoms with van der Waals surface area (Å²) in [7, 11) is 0. The number of amides is 1. The molecule has 7 rings (SSSR count). The van der Waals surface area contributed by atoms with E-state index in [2.05, 4.69) is 5.32 Å². The van der Waals surface area contributed by atoms with Gasteiger partial charge in [0.1, 0.15) is 29.0 Å². The zero-order valence-corrected chi connectivity index (χ0v) is 35.7. The van der Waals surface area contributed by atoms with Gasteiger partial charge in [-0.15, -0.1) is 0 Å². The quantitative estimate of drug-likeness (QED) is 0.158. The van der Waals surface area contributed by atoms with Crippen LogP contribution < -0.4 is 5.32 Å². The highest BCUT2D eigenvalue weighted by Crippen LogP contribution is 2.74. The molecule has 0 unspecified atom stereocenters. The van der Waals surface area contributed by atoms with Gasteiger partial charge in [-0.3, -0.25) is 9.59 Å². The lowest BCUT2D eigenvalue weighted by Gasteiger charge is -2.65. The van der Waals surface area contributed by atoms with Crippen LogP contribution in [0.3, 0.4) is 0 Å². The summed E-state index contributed by atoms with van der Waals surface area (Å²) in [6, 6.07) is 15.3. The van der Waals surface area contributed by atoms with Crippen molar-refractivity contribution in [1.29, 1.82) is 0 Å². The third-order valence-electron chi connectivity index (χ3n) is 13.3. The van der Waals surface area contributed by atoms with Gasteiger partial charge >= 0.3 is 24.0 Å². The number of nitrogens with one attached hydrogen (secondary N) is 1. The largest absolute Gasteiger partial charge is 0.456 e. The van der Waals surface area contributed by atoms with Crippen LogP contribution in [-0.2, 0) is 42.8 Å². The van der Waals surface area contributed by atoms with Crippen molar-refractivity contribution in [2.45, 2.75) is 141 Å². The molecule has 1 aliphatic heterocycles. The van der Waals surface area contributed by atoms with Crippen LogP contribution in [0.2, 0.25) is 0 Å². The summed E-state index contributed by atoms with van der Waals surface area (Å²) in [6.45, 7) is 15.0. The van der Waals surface area contributed by atoms with Gasteiger partial charge < -0.3 is 44.0 Å². The van der Waals surface area contributed by atoms with E-state index < -0.39 is 99.9 Å². The van der Waals surface area contributed by atoms with Crippen LogP contribution in [0.5, 0.6) is 0 Å². The fourth-order valence-electron chi connectivity index (χ4n) is 10.6. The van der Waals surface area contributed by atoms with Crippen LogP contribution in [0.15, 0.2) is 71.8 Å². The predicted octanol–water partition coefficient (Wildman–Crippen LogP) is 5.33. The fraction of sp³-hybridized carbons (Fsp3) is 0.587. The molecule has 1 amide bonds. The van der Waals surface area contributed by atoms with Crippen LogP contribution in [-0.4, -0.2) is 100 Å². The molecule has 0 aromatic heterocycles. The van der Waals surface area contributed by atoms with Crippen LogP contribution in [0.25, 0.3) is 0 Å². The fourth-order valence-corrected chi connectivity index (χ4v) is 10.6. The first-order valence-corrected chi connectivity index (χ1v) is 20.7. The molecule has 1 spiro atoms. The van der Waals surface area contributed by atoms with Gasteiger partial charge in [-0.1, -0.05) is 62.4 Å². The SMILES string of the molecule is CC(=O)O[C@H]1C(=O)[C@]23C[C@H]2C[C@H]2OC[C@@]2(OC(C)C)[C@H]3[C@H](OC(=O)c2ccccc2)[C@]2(O)C[C@H](OC(=O)[C@H](O)[C@@H](NC(=O)OC(C)(C)C)c3ccccc3)C(C)=C1C2(C)C. The van der Waals surface area contributed by atoms with Crippen LogP contribution in [0.1, 0.15) is 104 Å². The van der Waals surface area contributed by atoms with Crippen molar-refractivity contribution >= 4 is 29.8 Å². The minimum Gasteiger partial charge on any atom is -0.456 e. The number of ether oxygens (including phenoxy) is 6. The maximum absolute atomic E-state index is 15.5. The molecular weight excluding hydrogens is 774 g/mol. The summed E-state index contributed by atoms with van der Waals surface area (Å²) in [5.41, 5.74) is -5.86. The van der Waals surface area contributed by atoms with E-state index >= 15 is 4.79 Å². The highest BCUT2D eigenvalue weighted by atomic mass is 16.6. The summed E-state index contributed by atoms with van der Waals surface area (Å²) in [5.74, 6) is -4.34. The summed E-state index contributed by atoms with van der Waals surface area (Å²) in [4.78, 5) is 70.1. The molecule has 324 valence electrons. The Hall–Kier alpha value is -4.63. The second kappa shape index (κ2) is 15.4. The van der Waals surface area contributed by atoms with E-state index in [4.69, 9.17) is 28.4 Å². The number of hydrogen-bond acceptors (Lipinski definition) is 13. The number of Topliss-reactive ketones (excluding diaryl/α,β-unsaturated/α-hetero) is 1. The second-order valence-corrected chi connectivity index (χ2v) is 18.9. The Balaban J connectivity index is 1.37. The van der Waals surface area contributed by atoms with Gasteiger partial charge in [-0.2, -0.15) is 0 Å². The summed E-state index contributed by atoms with van der Waals surface area (Å²) in [5, 5.41) is 28.0. The van der Waals surface area contributed by atoms with E-state index in [1.807, 2.05) is 13.8 Å². The first-order valence-electron chi connectivity index (χ1n) is 20.7. The van der Waals surface area contributed by atoms with E-state index in [1.54, 1.807) is 102 Å². The number of aliphatic hydroxyl groups is 2. The van der Waals surface area contributed by atoms with Gasteiger partial charge in [-0.25, -0.2) is 14.4 Å². The van der Waals surface area contributed by atoms with E-state index in [0.29, 0.717) is 24.0 Å². The predicted molar refractivity (Wildman–Crippen MR) is 214 cm³/mol. The summed E-state index contributed by atoms with van der Waals surface area (Å²) >= 11 is 0. The summed E-state index contributed by atoms with van der Waals surface area (Å²) < 4.78 is 37.1. The molecule has 1 saturated heterocycles. The van der Waals surface area contributed by atoms with Crippen molar-refractivity contribution in [2.75, 3.05) is 6.61 Å². The zero-order chi connectivity index (χ0) is 43.7. The maximum atomic E-state index is 15.5. The standard InChI is InChI=1S/C46H57NO13/c1-24(2)59-45-23-55-31(45)20-29-21-44(29)36(45)38(58-39(51)28-18-14-11-15-19-28)46(54)22-30(25(3)32(43(46,8)9)35(37(44)50)56-26(4)48)57-40(52)34(49)33(27-16-12-10-13-17-27)47-41(53)60-42(5,6)7/h10-19,24,29-31,33-36,38,49,54H,20-23H2,1-9H3,(H,47,53)/t29-,30+,31-,33+,34-,35-,36+,38+,44-,45+,46-/m1/s1. The molecule has 0 radical (unpaired) electrons. The molecule has 11 atom stereocenters. The van der Waals surface area contributed by atoms with Crippen LogP contribution in [0.4, 0.5) is 4.79 Å². The molecule has 60 heavy (non-hydrogen) atoms. The van der Waals surface area contributed by atoms with Crippen molar-refractivity contribution < 1.29 is 62.6 Å². The van der Waals surface area contributed by atoms with Gasteiger partial charge in [0.2, 0.25) is 0 Å². The van der Waals surface area contributed by atoms with Crippen molar-refractivity contribution in [3.8, 4) is 0 Å². The van der Waals surface area contributed by atoms with Crippen molar-refractivity contribution in [3.63, 3.8) is 0 Å². The van der Waals surface area contributed by atoms with Gasteiger partial charge in [-0.05, 0) is 89.1 Å². The number of ketones is 1. The van der Waals surface area contributed by atoms with Crippen LogP contribution >= 0.6 is 0 Å². The first-order chi connectivity index (χ1) is 28.1. The Morgan fingerprint density at radius 3 is 2.13 bits per heavy atom. The molecule has 14 heteroatoms. The number of benzene rings is 2. The smallest absolute Gasteiger partial charge is 0.408 e. The lowest BCUT2D eigenvalue weighted by Crippen LogP contribution is -2.78. The third kappa shape index (κ3) is 7.22. The minimum absolute atomic E-state index is 0.0498. The van der Waals surface area contributed by atoms with Crippen molar-refractivity contribution in [1.82, 2.24) is 5.32 Å². The number of esters is 3. The molecule has 4 fully saturated rings. The molecule has 4 aliphatic carbocycles. The highest BCUT2D eigenvalue weighted by Gasteiger charge is 2.83. The minimum atomic E-state index is -2.13. The molecule has 1 heterocycles. The molecule has 14 nitrogen and oxygen atoms in total. The van der Waals surface area contributed by atoms with E-state index in [0.717, 1.165) is 0 Å². The maximum Gasteiger partial charge on any atom is 0.408 e. The Morgan fingerprint density at radius 2 is 1.57 bits per heavy atom. The average molecular weight is 832 g/mol. The second-order valence-electron chi connectivity index (χ2n) is 18.9. The van der Waals surface area contributed by atoms with Crippen LogP contribution in [0, 0.1) is 22.7 Å². The molecule has 2 aromatic carbocycles. The van der Waals surface area contributed by atoms with Gasteiger partial charge in [0.15, 0.2) is 18.0 Å². The number of fused-ring (bicyclic) bond motifs is 4. The van der Waals surface area contributed by atoms with Gasteiger partial charge in [0.05, 0.1) is 30.4 Å². The Labute approximate surface area is 350 Å². The number of carbonyl (C=O) groups is 5. The molecular formula is C46H57NO13. The molecule has 2 aromatic rings. The van der Waals surface area contributed by atoms with E-state index in [1.165, 1.54) is 6.92 Å².